The number of nitrogens with one attached hydrogen (secondary N) is 3. The minimum Gasteiger partial charge on any atom is -0.495 e. The van der Waals surface area contributed by atoms with Gasteiger partial charge in [0.2, 0.25) is 11.9 Å². The van der Waals surface area contributed by atoms with Gasteiger partial charge in [-0.15, -0.1) is 0 Å². The second-order valence-corrected chi connectivity index (χ2v) is 12.2. The van der Waals surface area contributed by atoms with Gasteiger partial charge in [0.1, 0.15) is 5.75 Å². The summed E-state index contributed by atoms with van der Waals surface area (Å²) in [5, 5.41) is 6.70. The fraction of sp³-hybridized carbons (Fsp3) is 0.536. The van der Waals surface area contributed by atoms with E-state index in [1.54, 1.807) is 26.4 Å². The first-order valence-corrected chi connectivity index (χ1v) is 15.3. The lowest BCUT2D eigenvalue weighted by atomic mass is 9.81. The fourth-order valence-electron chi connectivity index (χ4n) is 5.47. The highest BCUT2D eigenvalue weighted by atomic mass is 35.5. The lowest BCUT2D eigenvalue weighted by molar-refractivity contribution is -0.119. The van der Waals surface area contributed by atoms with Crippen LogP contribution in [0.4, 0.5) is 17.3 Å². The van der Waals surface area contributed by atoms with Gasteiger partial charge in [-0.05, 0) is 88.9 Å². The number of allylic oxidation sites excluding steroid dienone is 1. The second kappa shape index (κ2) is 14.2. The number of halogens is 1. The molecule has 1 aromatic heterocycles. The maximum Gasteiger partial charge on any atom is 0.241 e. The number of likely N-dealkylation sites (tertiary alicyclic amines) is 1. The maximum atomic E-state index is 12.8. The van der Waals surface area contributed by atoms with Crippen molar-refractivity contribution in [2.24, 2.45) is 11.8 Å². The van der Waals surface area contributed by atoms with Crippen LogP contribution in [0.25, 0.3) is 6.08 Å². The number of carbonyl (C=O) groups is 1. The molecule has 2 heterocycles. The van der Waals surface area contributed by atoms with Gasteiger partial charge in [0.25, 0.3) is 0 Å². The van der Waals surface area contributed by atoms with Crippen LogP contribution in [0.15, 0.2) is 30.5 Å². The number of aromatic nitrogens is 2. The SMILES string of the molecule is CNS(=O)CC1CCCC(CC=Cc2nc(Nc3cc(NC(=O)C4CCCN4C)ccc3OC)ncc2Cl)C1. The van der Waals surface area contributed by atoms with Crippen molar-refractivity contribution in [3.8, 4) is 5.75 Å². The Morgan fingerprint density at radius 1 is 1.26 bits per heavy atom. The molecule has 1 aliphatic heterocycles. The van der Waals surface area contributed by atoms with E-state index in [1.165, 1.54) is 12.8 Å². The molecule has 1 saturated heterocycles. The van der Waals surface area contributed by atoms with Crippen LogP contribution in [0.1, 0.15) is 50.6 Å². The zero-order chi connectivity index (χ0) is 27.8. The Labute approximate surface area is 238 Å². The molecule has 0 spiro atoms. The molecular weight excluding hydrogens is 536 g/mol. The van der Waals surface area contributed by atoms with E-state index in [2.05, 4.69) is 36.3 Å². The molecule has 1 amide bonds. The van der Waals surface area contributed by atoms with Gasteiger partial charge < -0.3 is 15.4 Å². The summed E-state index contributed by atoms with van der Waals surface area (Å²) in [6.45, 7) is 0.929. The van der Waals surface area contributed by atoms with E-state index < -0.39 is 11.0 Å². The third-order valence-electron chi connectivity index (χ3n) is 7.56. The standard InChI is InChI=1S/C28H39ClN6O3S/c1-30-39(37)18-20-9-4-7-19(15-20)8-5-10-23-22(29)17-31-28(33-23)34-24-16-21(12-13-26(24)38-3)32-27(36)25-11-6-14-35(25)2/h5,10,12-13,16-17,19-20,25,30H,4,6-9,11,14-15,18H2,1-3H3,(H,32,36)(H,31,33,34). The van der Waals surface area contributed by atoms with Crippen LogP contribution >= 0.6 is 11.6 Å². The van der Waals surface area contributed by atoms with Crippen molar-refractivity contribution >= 4 is 51.9 Å². The average Bonchev–Trinajstić information content (AvgIpc) is 3.36. The molecule has 4 unspecified atom stereocenters. The van der Waals surface area contributed by atoms with Crippen molar-refractivity contribution in [2.75, 3.05) is 44.1 Å². The number of methoxy groups -OCH3 is 1. The molecule has 11 heteroatoms. The van der Waals surface area contributed by atoms with Crippen molar-refractivity contribution in [3.05, 3.63) is 41.2 Å². The molecule has 2 aliphatic rings. The van der Waals surface area contributed by atoms with Crippen LogP contribution in [0.3, 0.4) is 0 Å². The summed E-state index contributed by atoms with van der Waals surface area (Å²) in [4.78, 5) is 23.8. The summed E-state index contributed by atoms with van der Waals surface area (Å²) in [6.07, 6.45) is 13.0. The molecule has 1 aromatic carbocycles. The third-order valence-corrected chi connectivity index (χ3v) is 9.08. The Morgan fingerprint density at radius 2 is 2.08 bits per heavy atom. The Morgan fingerprint density at radius 3 is 2.82 bits per heavy atom. The zero-order valence-electron chi connectivity index (χ0n) is 22.9. The molecule has 2 aromatic rings. The average molecular weight is 575 g/mol. The second-order valence-electron chi connectivity index (χ2n) is 10.3. The molecule has 2 fully saturated rings. The van der Waals surface area contributed by atoms with E-state index in [1.807, 2.05) is 25.3 Å². The monoisotopic (exact) mass is 574 g/mol. The molecule has 1 saturated carbocycles. The van der Waals surface area contributed by atoms with Crippen molar-refractivity contribution in [1.29, 1.82) is 0 Å². The molecule has 0 radical (unpaired) electrons. The van der Waals surface area contributed by atoms with E-state index in [0.717, 1.165) is 44.4 Å². The van der Waals surface area contributed by atoms with Gasteiger partial charge in [-0.1, -0.05) is 30.5 Å². The van der Waals surface area contributed by atoms with E-state index in [-0.39, 0.29) is 11.9 Å². The number of hydrogen-bond donors (Lipinski definition) is 3. The number of benzene rings is 1. The lowest BCUT2D eigenvalue weighted by Crippen LogP contribution is -2.37. The largest absolute Gasteiger partial charge is 0.495 e. The number of carbonyl (C=O) groups excluding carboxylic acids is 1. The number of likely N-dealkylation sites (N-methyl/N-ethyl adjacent to an activating group) is 1. The van der Waals surface area contributed by atoms with Gasteiger partial charge in [0.05, 0.1) is 46.7 Å². The first-order chi connectivity index (χ1) is 18.9. The number of nitrogens with zero attached hydrogens (tertiary/aromatic N) is 3. The van der Waals surface area contributed by atoms with Gasteiger partial charge in [-0.2, -0.15) is 0 Å². The maximum absolute atomic E-state index is 12.8. The predicted octanol–water partition coefficient (Wildman–Crippen LogP) is 5.01. The topological polar surface area (TPSA) is 108 Å². The molecule has 1 aliphatic carbocycles. The molecule has 39 heavy (non-hydrogen) atoms. The molecule has 212 valence electrons. The third kappa shape index (κ3) is 8.23. The van der Waals surface area contributed by atoms with Gasteiger partial charge in [-0.3, -0.25) is 9.69 Å². The van der Waals surface area contributed by atoms with E-state index in [9.17, 15) is 9.00 Å². The van der Waals surface area contributed by atoms with Crippen LogP contribution in [-0.2, 0) is 15.8 Å². The van der Waals surface area contributed by atoms with Crippen LogP contribution in [-0.4, -0.2) is 64.5 Å². The number of amides is 1. The quantitative estimate of drug-likeness (QED) is 0.346. The number of rotatable bonds is 11. The minimum absolute atomic E-state index is 0.0131. The van der Waals surface area contributed by atoms with Crippen LogP contribution < -0.4 is 20.1 Å². The van der Waals surface area contributed by atoms with E-state index in [4.69, 9.17) is 16.3 Å². The first kappa shape index (κ1) is 29.5. The Hall–Kier alpha value is -2.53. The number of anilines is 3. The van der Waals surface area contributed by atoms with Gasteiger partial charge in [0, 0.05) is 11.4 Å². The molecule has 3 N–H and O–H groups in total. The molecule has 4 atom stereocenters. The fourth-order valence-corrected chi connectivity index (χ4v) is 6.52. The van der Waals surface area contributed by atoms with E-state index >= 15 is 0 Å². The summed E-state index contributed by atoms with van der Waals surface area (Å²) >= 11 is 6.41. The van der Waals surface area contributed by atoms with Crippen molar-refractivity contribution in [1.82, 2.24) is 19.6 Å². The van der Waals surface area contributed by atoms with Gasteiger partial charge in [-0.25, -0.2) is 18.9 Å². The summed E-state index contributed by atoms with van der Waals surface area (Å²) < 4.78 is 20.2. The Bertz CT molecular complexity index is 1200. The van der Waals surface area contributed by atoms with Crippen LogP contribution in [0.2, 0.25) is 5.02 Å². The number of ether oxygens (including phenoxy) is 1. The predicted molar refractivity (Wildman–Crippen MR) is 159 cm³/mol. The van der Waals surface area contributed by atoms with Crippen LogP contribution in [0, 0.1) is 11.8 Å². The van der Waals surface area contributed by atoms with Gasteiger partial charge in [0.15, 0.2) is 0 Å². The normalized spacial score (nSPS) is 22.6. The summed E-state index contributed by atoms with van der Waals surface area (Å²) in [5.41, 5.74) is 1.94. The van der Waals surface area contributed by atoms with Crippen molar-refractivity contribution in [2.45, 2.75) is 51.0 Å². The van der Waals surface area contributed by atoms with Crippen molar-refractivity contribution < 1.29 is 13.7 Å². The number of hydrogen-bond acceptors (Lipinski definition) is 7. The highest BCUT2D eigenvalue weighted by molar-refractivity contribution is 7.82. The van der Waals surface area contributed by atoms with Crippen molar-refractivity contribution in [3.63, 3.8) is 0 Å². The lowest BCUT2D eigenvalue weighted by Gasteiger charge is -2.28. The minimum atomic E-state index is -0.948. The summed E-state index contributed by atoms with van der Waals surface area (Å²) in [5.74, 6) is 2.75. The molecule has 9 nitrogen and oxygen atoms in total. The Kier molecular flexibility index (Phi) is 10.7. The first-order valence-electron chi connectivity index (χ1n) is 13.6. The molecular formula is C28H39ClN6O3S. The smallest absolute Gasteiger partial charge is 0.241 e. The molecule has 4 rings (SSSR count). The van der Waals surface area contributed by atoms with E-state index in [0.29, 0.717) is 45.6 Å². The van der Waals surface area contributed by atoms with Gasteiger partial charge >= 0.3 is 0 Å². The highest BCUT2D eigenvalue weighted by Gasteiger charge is 2.28. The Balaban J connectivity index is 1.40. The molecule has 0 bridgehead atoms. The highest BCUT2D eigenvalue weighted by Crippen LogP contribution is 2.33. The summed E-state index contributed by atoms with van der Waals surface area (Å²) in [7, 11) is 4.36. The summed E-state index contributed by atoms with van der Waals surface area (Å²) in [6, 6.07) is 5.32. The zero-order valence-corrected chi connectivity index (χ0v) is 24.5. The van der Waals surface area contributed by atoms with Crippen LogP contribution in [0.5, 0.6) is 5.75 Å².